The van der Waals surface area contributed by atoms with E-state index in [9.17, 15) is 4.79 Å². The molecule has 1 unspecified atom stereocenters. The van der Waals surface area contributed by atoms with E-state index in [4.69, 9.17) is 0 Å². The van der Waals surface area contributed by atoms with Gasteiger partial charge < -0.3 is 10.6 Å². The molecular formula is C20H28N4O. The lowest BCUT2D eigenvalue weighted by Gasteiger charge is -2.22. The molecule has 25 heavy (non-hydrogen) atoms. The van der Waals surface area contributed by atoms with Gasteiger partial charge in [-0.3, -0.25) is 9.48 Å². The van der Waals surface area contributed by atoms with E-state index >= 15 is 0 Å². The molecule has 0 bridgehead atoms. The zero-order valence-corrected chi connectivity index (χ0v) is 15.4. The van der Waals surface area contributed by atoms with Gasteiger partial charge in [0.05, 0.1) is 6.04 Å². The monoisotopic (exact) mass is 340 g/mol. The van der Waals surface area contributed by atoms with E-state index in [0.29, 0.717) is 18.3 Å². The largest absolute Gasteiger partial charge is 0.347 e. The van der Waals surface area contributed by atoms with Crippen molar-refractivity contribution in [3.05, 3.63) is 53.3 Å². The van der Waals surface area contributed by atoms with Gasteiger partial charge in [0.15, 0.2) is 0 Å². The van der Waals surface area contributed by atoms with Gasteiger partial charge in [-0.2, -0.15) is 5.10 Å². The SMILES string of the molecule is CC(C)(C)c1ccc(CNC(=O)c2ccn(C3CCCNC3)n2)cc1. The molecular weight excluding hydrogens is 312 g/mol. The van der Waals surface area contributed by atoms with Crippen molar-refractivity contribution in [1.29, 1.82) is 0 Å². The molecule has 1 aromatic carbocycles. The summed E-state index contributed by atoms with van der Waals surface area (Å²) in [5.41, 5.74) is 3.01. The standard InChI is InChI=1S/C20H28N4O/c1-20(2,3)16-8-6-15(7-9-16)13-22-19(25)18-10-12-24(23-18)17-5-4-11-21-14-17/h6-10,12,17,21H,4-5,11,13-14H2,1-3H3,(H,22,25). The summed E-state index contributed by atoms with van der Waals surface area (Å²) >= 11 is 0. The second-order valence-corrected chi connectivity index (χ2v) is 7.81. The highest BCUT2D eigenvalue weighted by Gasteiger charge is 2.18. The number of hydrogen-bond acceptors (Lipinski definition) is 3. The van der Waals surface area contributed by atoms with Gasteiger partial charge in [0.1, 0.15) is 5.69 Å². The maximum absolute atomic E-state index is 12.3. The van der Waals surface area contributed by atoms with Crippen molar-refractivity contribution in [1.82, 2.24) is 20.4 Å². The number of benzene rings is 1. The van der Waals surface area contributed by atoms with E-state index in [2.05, 4.69) is 60.8 Å². The molecule has 134 valence electrons. The number of nitrogens with one attached hydrogen (secondary N) is 2. The van der Waals surface area contributed by atoms with Crippen molar-refractivity contribution in [3.8, 4) is 0 Å². The van der Waals surface area contributed by atoms with Crippen molar-refractivity contribution < 1.29 is 4.79 Å². The van der Waals surface area contributed by atoms with Gasteiger partial charge in [-0.25, -0.2) is 0 Å². The van der Waals surface area contributed by atoms with E-state index in [-0.39, 0.29) is 11.3 Å². The summed E-state index contributed by atoms with van der Waals surface area (Å²) in [7, 11) is 0. The third kappa shape index (κ3) is 4.48. The van der Waals surface area contributed by atoms with Crippen molar-refractivity contribution in [2.45, 2.75) is 51.6 Å². The molecule has 1 saturated heterocycles. The number of rotatable bonds is 4. The number of amides is 1. The highest BCUT2D eigenvalue weighted by Crippen LogP contribution is 2.22. The first-order valence-corrected chi connectivity index (χ1v) is 9.07. The van der Waals surface area contributed by atoms with Crippen LogP contribution in [-0.4, -0.2) is 28.8 Å². The fraction of sp³-hybridized carbons (Fsp3) is 0.500. The fourth-order valence-electron chi connectivity index (χ4n) is 3.12. The minimum absolute atomic E-state index is 0.123. The van der Waals surface area contributed by atoms with E-state index in [1.165, 1.54) is 5.56 Å². The topological polar surface area (TPSA) is 59.0 Å². The first-order chi connectivity index (χ1) is 11.9. The Morgan fingerprint density at radius 3 is 2.68 bits per heavy atom. The Morgan fingerprint density at radius 1 is 1.28 bits per heavy atom. The molecule has 1 amide bonds. The van der Waals surface area contributed by atoms with Crippen molar-refractivity contribution in [2.75, 3.05) is 13.1 Å². The molecule has 1 fully saturated rings. The zero-order chi connectivity index (χ0) is 17.9. The summed E-state index contributed by atoms with van der Waals surface area (Å²) in [6, 6.07) is 10.6. The van der Waals surface area contributed by atoms with Gasteiger partial charge >= 0.3 is 0 Å². The Morgan fingerprint density at radius 2 is 2.04 bits per heavy atom. The molecule has 5 nitrogen and oxygen atoms in total. The molecule has 1 aromatic heterocycles. The van der Waals surface area contributed by atoms with Gasteiger partial charge in [-0.15, -0.1) is 0 Å². The van der Waals surface area contributed by atoms with E-state index in [1.807, 2.05) is 10.9 Å². The molecule has 1 atom stereocenters. The van der Waals surface area contributed by atoms with Crippen LogP contribution in [0.15, 0.2) is 36.5 Å². The van der Waals surface area contributed by atoms with Crippen LogP contribution in [-0.2, 0) is 12.0 Å². The fourth-order valence-corrected chi connectivity index (χ4v) is 3.12. The Hall–Kier alpha value is -2.14. The molecule has 2 N–H and O–H groups in total. The van der Waals surface area contributed by atoms with Gasteiger partial charge in [0, 0.05) is 19.3 Å². The summed E-state index contributed by atoms with van der Waals surface area (Å²) in [5, 5.41) is 10.8. The smallest absolute Gasteiger partial charge is 0.272 e. The Bertz CT molecular complexity index is 706. The third-order valence-corrected chi connectivity index (χ3v) is 4.76. The summed E-state index contributed by atoms with van der Waals surface area (Å²) in [4.78, 5) is 12.3. The predicted octanol–water partition coefficient (Wildman–Crippen LogP) is 3.04. The van der Waals surface area contributed by atoms with Crippen LogP contribution in [0.25, 0.3) is 0 Å². The van der Waals surface area contributed by atoms with Crippen molar-refractivity contribution in [2.24, 2.45) is 0 Å². The van der Waals surface area contributed by atoms with Crippen LogP contribution in [0.1, 0.15) is 61.3 Å². The first-order valence-electron chi connectivity index (χ1n) is 9.07. The second kappa shape index (κ2) is 7.40. The van der Waals surface area contributed by atoms with Gasteiger partial charge in [-0.1, -0.05) is 45.0 Å². The molecule has 1 aliphatic rings. The van der Waals surface area contributed by atoms with E-state index in [0.717, 1.165) is 31.5 Å². The normalized spacial score (nSPS) is 18.1. The van der Waals surface area contributed by atoms with Crippen molar-refractivity contribution >= 4 is 5.91 Å². The van der Waals surface area contributed by atoms with Crippen LogP contribution in [0, 0.1) is 0 Å². The summed E-state index contributed by atoms with van der Waals surface area (Å²) in [6.45, 7) is 9.09. The number of carbonyl (C=O) groups excluding carboxylic acids is 1. The molecule has 0 radical (unpaired) electrons. The Kier molecular flexibility index (Phi) is 5.23. The first kappa shape index (κ1) is 17.7. The molecule has 3 rings (SSSR count). The lowest BCUT2D eigenvalue weighted by Crippen LogP contribution is -2.32. The Balaban J connectivity index is 1.56. The lowest BCUT2D eigenvalue weighted by atomic mass is 9.87. The number of hydrogen-bond donors (Lipinski definition) is 2. The van der Waals surface area contributed by atoms with Crippen LogP contribution >= 0.6 is 0 Å². The molecule has 0 saturated carbocycles. The van der Waals surface area contributed by atoms with Gasteiger partial charge in [-0.05, 0) is 42.0 Å². The number of piperidine rings is 1. The molecule has 2 heterocycles. The van der Waals surface area contributed by atoms with Crippen LogP contribution < -0.4 is 10.6 Å². The maximum atomic E-state index is 12.3. The second-order valence-electron chi connectivity index (χ2n) is 7.81. The quantitative estimate of drug-likeness (QED) is 0.899. The number of carbonyl (C=O) groups is 1. The van der Waals surface area contributed by atoms with Crippen LogP contribution in [0.3, 0.4) is 0 Å². The molecule has 0 spiro atoms. The molecule has 2 aromatic rings. The van der Waals surface area contributed by atoms with Crippen LogP contribution in [0.2, 0.25) is 0 Å². The average Bonchev–Trinajstić information content (AvgIpc) is 3.10. The summed E-state index contributed by atoms with van der Waals surface area (Å²) < 4.78 is 1.92. The Labute approximate surface area is 149 Å². The molecule has 1 aliphatic heterocycles. The predicted molar refractivity (Wildman–Crippen MR) is 99.7 cm³/mol. The van der Waals surface area contributed by atoms with Crippen LogP contribution in [0.4, 0.5) is 0 Å². The third-order valence-electron chi connectivity index (χ3n) is 4.76. The van der Waals surface area contributed by atoms with Gasteiger partial charge in [0.2, 0.25) is 0 Å². The minimum Gasteiger partial charge on any atom is -0.347 e. The summed E-state index contributed by atoms with van der Waals surface area (Å²) in [6.07, 6.45) is 4.16. The highest BCUT2D eigenvalue weighted by atomic mass is 16.1. The minimum atomic E-state index is -0.123. The molecule has 0 aliphatic carbocycles. The maximum Gasteiger partial charge on any atom is 0.272 e. The van der Waals surface area contributed by atoms with Crippen LogP contribution in [0.5, 0.6) is 0 Å². The number of nitrogens with zero attached hydrogens (tertiary/aromatic N) is 2. The average molecular weight is 340 g/mol. The lowest BCUT2D eigenvalue weighted by molar-refractivity contribution is 0.0944. The van der Waals surface area contributed by atoms with E-state index < -0.39 is 0 Å². The van der Waals surface area contributed by atoms with E-state index in [1.54, 1.807) is 6.07 Å². The van der Waals surface area contributed by atoms with Crippen molar-refractivity contribution in [3.63, 3.8) is 0 Å². The highest BCUT2D eigenvalue weighted by molar-refractivity contribution is 5.92. The summed E-state index contributed by atoms with van der Waals surface area (Å²) in [5.74, 6) is -0.123. The van der Waals surface area contributed by atoms with Gasteiger partial charge in [0.25, 0.3) is 5.91 Å². The number of aromatic nitrogens is 2. The molecule has 5 heteroatoms. The zero-order valence-electron chi connectivity index (χ0n) is 15.4.